The molecule has 0 radical (unpaired) electrons. The Labute approximate surface area is 148 Å². The summed E-state index contributed by atoms with van der Waals surface area (Å²) in [7, 11) is 1.70. The Kier molecular flexibility index (Phi) is 4.65. The van der Waals surface area contributed by atoms with Crippen LogP contribution in [0.25, 0.3) is 0 Å². The first-order chi connectivity index (χ1) is 12.3. The van der Waals surface area contributed by atoms with Crippen LogP contribution in [0.1, 0.15) is 5.56 Å². The van der Waals surface area contributed by atoms with Gasteiger partial charge in [-0.25, -0.2) is 0 Å². The lowest BCUT2D eigenvalue weighted by atomic mass is 10.1. The summed E-state index contributed by atoms with van der Waals surface area (Å²) in [6, 6.07) is 14.6. The molecule has 0 spiro atoms. The molecule has 0 aromatic heterocycles. The molecule has 0 aliphatic carbocycles. The third-order valence-corrected chi connectivity index (χ3v) is 4.82. The summed E-state index contributed by atoms with van der Waals surface area (Å²) >= 11 is 0. The SMILES string of the molecule is COc1ccc(N2CCN(Cc3ccc4c(c3)OCCO4)CC2)cc1. The van der Waals surface area contributed by atoms with Gasteiger partial charge in [0, 0.05) is 38.4 Å². The van der Waals surface area contributed by atoms with Gasteiger partial charge in [-0.05, 0) is 42.0 Å². The highest BCUT2D eigenvalue weighted by molar-refractivity contribution is 5.49. The van der Waals surface area contributed by atoms with Crippen molar-refractivity contribution in [1.82, 2.24) is 4.90 Å². The highest BCUT2D eigenvalue weighted by atomic mass is 16.6. The smallest absolute Gasteiger partial charge is 0.161 e. The van der Waals surface area contributed by atoms with Crippen LogP contribution in [0.2, 0.25) is 0 Å². The van der Waals surface area contributed by atoms with Gasteiger partial charge in [-0.15, -0.1) is 0 Å². The van der Waals surface area contributed by atoms with Crippen LogP contribution in [-0.2, 0) is 6.54 Å². The van der Waals surface area contributed by atoms with E-state index in [0.717, 1.165) is 50.0 Å². The molecule has 0 bridgehead atoms. The lowest BCUT2D eigenvalue weighted by molar-refractivity contribution is 0.171. The first kappa shape index (κ1) is 16.1. The van der Waals surface area contributed by atoms with Crippen LogP contribution in [-0.4, -0.2) is 51.4 Å². The fraction of sp³-hybridized carbons (Fsp3) is 0.400. The maximum absolute atomic E-state index is 5.69. The second-order valence-electron chi connectivity index (χ2n) is 6.44. The molecule has 0 unspecified atom stereocenters. The molecule has 4 rings (SSSR count). The molecule has 0 amide bonds. The number of benzene rings is 2. The van der Waals surface area contributed by atoms with Gasteiger partial charge in [0.15, 0.2) is 11.5 Å². The van der Waals surface area contributed by atoms with Gasteiger partial charge < -0.3 is 19.1 Å². The Balaban J connectivity index is 1.34. The van der Waals surface area contributed by atoms with Crippen LogP contribution in [0.4, 0.5) is 5.69 Å². The molecule has 2 aromatic rings. The highest BCUT2D eigenvalue weighted by Gasteiger charge is 2.18. The third kappa shape index (κ3) is 3.66. The maximum Gasteiger partial charge on any atom is 0.161 e. The van der Waals surface area contributed by atoms with Gasteiger partial charge in [0.25, 0.3) is 0 Å². The summed E-state index contributed by atoms with van der Waals surface area (Å²) in [6.07, 6.45) is 0. The molecule has 0 saturated carbocycles. The second-order valence-corrected chi connectivity index (χ2v) is 6.44. The molecular formula is C20H24N2O3. The molecule has 132 valence electrons. The quantitative estimate of drug-likeness (QED) is 0.855. The molecule has 1 saturated heterocycles. The molecule has 1 fully saturated rings. The number of hydrogen-bond donors (Lipinski definition) is 0. The molecule has 0 atom stereocenters. The van der Waals surface area contributed by atoms with Crippen molar-refractivity contribution in [3.05, 3.63) is 48.0 Å². The molecular weight excluding hydrogens is 316 g/mol. The monoisotopic (exact) mass is 340 g/mol. The van der Waals surface area contributed by atoms with E-state index in [4.69, 9.17) is 14.2 Å². The minimum atomic E-state index is 0.636. The number of methoxy groups -OCH3 is 1. The van der Waals surface area contributed by atoms with Crippen LogP contribution in [0, 0.1) is 0 Å². The van der Waals surface area contributed by atoms with Gasteiger partial charge in [0.1, 0.15) is 19.0 Å². The molecule has 2 aliphatic heterocycles. The van der Waals surface area contributed by atoms with E-state index in [-0.39, 0.29) is 0 Å². The summed E-state index contributed by atoms with van der Waals surface area (Å²) in [6.45, 7) is 6.42. The van der Waals surface area contributed by atoms with Gasteiger partial charge in [-0.2, -0.15) is 0 Å². The number of fused-ring (bicyclic) bond motifs is 1. The summed E-state index contributed by atoms with van der Waals surface area (Å²) in [5.41, 5.74) is 2.54. The van der Waals surface area contributed by atoms with Crippen LogP contribution < -0.4 is 19.1 Å². The maximum atomic E-state index is 5.69. The zero-order valence-electron chi connectivity index (χ0n) is 14.6. The van der Waals surface area contributed by atoms with Crippen LogP contribution in [0.3, 0.4) is 0 Å². The Morgan fingerprint density at radius 3 is 2.32 bits per heavy atom. The molecule has 5 nitrogen and oxygen atoms in total. The highest BCUT2D eigenvalue weighted by Crippen LogP contribution is 2.31. The normalized spacial score (nSPS) is 17.4. The van der Waals surface area contributed by atoms with Gasteiger partial charge >= 0.3 is 0 Å². The zero-order valence-corrected chi connectivity index (χ0v) is 14.6. The van der Waals surface area contributed by atoms with Crippen molar-refractivity contribution in [1.29, 1.82) is 0 Å². The fourth-order valence-corrected chi connectivity index (χ4v) is 3.40. The zero-order chi connectivity index (χ0) is 17.1. The van der Waals surface area contributed by atoms with E-state index in [2.05, 4.69) is 34.1 Å². The Morgan fingerprint density at radius 2 is 1.60 bits per heavy atom. The third-order valence-electron chi connectivity index (χ3n) is 4.82. The lowest BCUT2D eigenvalue weighted by Crippen LogP contribution is -2.45. The number of piperazine rings is 1. The largest absolute Gasteiger partial charge is 0.497 e. The van der Waals surface area contributed by atoms with Gasteiger partial charge in [0.05, 0.1) is 7.11 Å². The number of ether oxygens (including phenoxy) is 3. The Hall–Kier alpha value is -2.40. The number of nitrogens with zero attached hydrogens (tertiary/aromatic N) is 2. The first-order valence-electron chi connectivity index (χ1n) is 8.82. The van der Waals surface area contributed by atoms with Crippen LogP contribution in [0.5, 0.6) is 17.2 Å². The van der Waals surface area contributed by atoms with E-state index in [9.17, 15) is 0 Å². The summed E-state index contributed by atoms with van der Waals surface area (Å²) in [5.74, 6) is 2.64. The van der Waals surface area contributed by atoms with Crippen molar-refractivity contribution in [2.24, 2.45) is 0 Å². The van der Waals surface area contributed by atoms with E-state index >= 15 is 0 Å². The number of rotatable bonds is 4. The Morgan fingerprint density at radius 1 is 0.880 bits per heavy atom. The van der Waals surface area contributed by atoms with Crippen LogP contribution in [0.15, 0.2) is 42.5 Å². The van der Waals surface area contributed by atoms with E-state index < -0.39 is 0 Å². The van der Waals surface area contributed by atoms with E-state index in [1.54, 1.807) is 7.11 Å². The minimum absolute atomic E-state index is 0.636. The van der Waals surface area contributed by atoms with Crippen molar-refractivity contribution in [2.45, 2.75) is 6.54 Å². The molecule has 2 heterocycles. The molecule has 25 heavy (non-hydrogen) atoms. The summed E-state index contributed by atoms with van der Waals surface area (Å²) in [5, 5.41) is 0. The summed E-state index contributed by atoms with van der Waals surface area (Å²) < 4.78 is 16.5. The predicted octanol–water partition coefficient (Wildman–Crippen LogP) is 2.79. The minimum Gasteiger partial charge on any atom is -0.497 e. The first-order valence-corrected chi connectivity index (χ1v) is 8.82. The molecule has 2 aliphatic rings. The standard InChI is InChI=1S/C20H24N2O3/c1-23-18-5-3-17(4-6-18)22-10-8-21(9-11-22)15-16-2-7-19-20(14-16)25-13-12-24-19/h2-7,14H,8-13,15H2,1H3. The second kappa shape index (κ2) is 7.23. The number of anilines is 1. The molecule has 2 aromatic carbocycles. The number of hydrogen-bond acceptors (Lipinski definition) is 5. The predicted molar refractivity (Wildman–Crippen MR) is 97.9 cm³/mol. The average molecular weight is 340 g/mol. The van der Waals surface area contributed by atoms with Crippen molar-refractivity contribution < 1.29 is 14.2 Å². The van der Waals surface area contributed by atoms with Crippen molar-refractivity contribution in [3.8, 4) is 17.2 Å². The van der Waals surface area contributed by atoms with Crippen molar-refractivity contribution >= 4 is 5.69 Å². The van der Waals surface area contributed by atoms with E-state index in [0.29, 0.717) is 13.2 Å². The molecule has 5 heteroatoms. The van der Waals surface area contributed by atoms with Crippen molar-refractivity contribution in [2.75, 3.05) is 51.4 Å². The van der Waals surface area contributed by atoms with Gasteiger partial charge in [0.2, 0.25) is 0 Å². The van der Waals surface area contributed by atoms with E-state index in [1.165, 1.54) is 11.3 Å². The topological polar surface area (TPSA) is 34.2 Å². The van der Waals surface area contributed by atoms with Crippen LogP contribution >= 0.6 is 0 Å². The average Bonchev–Trinajstić information content (AvgIpc) is 2.69. The van der Waals surface area contributed by atoms with Crippen molar-refractivity contribution in [3.63, 3.8) is 0 Å². The lowest BCUT2D eigenvalue weighted by Gasteiger charge is -2.36. The van der Waals surface area contributed by atoms with Gasteiger partial charge in [-0.3, -0.25) is 4.90 Å². The fourth-order valence-electron chi connectivity index (χ4n) is 3.40. The molecule has 0 N–H and O–H groups in total. The van der Waals surface area contributed by atoms with E-state index in [1.807, 2.05) is 18.2 Å². The summed E-state index contributed by atoms with van der Waals surface area (Å²) in [4.78, 5) is 4.92. The van der Waals surface area contributed by atoms with Gasteiger partial charge in [-0.1, -0.05) is 6.07 Å². The Bertz CT molecular complexity index is 709.